The number of rotatable bonds is 5. The minimum absolute atomic E-state index is 0.168. The van der Waals surface area contributed by atoms with Crippen LogP contribution in [0.2, 0.25) is 0 Å². The molecule has 6 heteroatoms. The van der Waals surface area contributed by atoms with Crippen LogP contribution in [0.1, 0.15) is 31.1 Å². The van der Waals surface area contributed by atoms with E-state index in [1.807, 2.05) is 57.2 Å². The number of fused-ring (bicyclic) bond motifs is 1. The van der Waals surface area contributed by atoms with Crippen molar-refractivity contribution in [2.45, 2.75) is 32.9 Å². The average Bonchev–Trinajstić information content (AvgIpc) is 3.02. The van der Waals surface area contributed by atoms with Gasteiger partial charge in [0.1, 0.15) is 0 Å². The lowest BCUT2D eigenvalue weighted by Gasteiger charge is -2.19. The van der Waals surface area contributed by atoms with Gasteiger partial charge in [0.05, 0.1) is 22.8 Å². The lowest BCUT2D eigenvalue weighted by atomic mass is 10.0. The number of carbonyl (C=O) groups excluding carboxylic acids is 1. The highest BCUT2D eigenvalue weighted by molar-refractivity contribution is 6.06. The van der Waals surface area contributed by atoms with Gasteiger partial charge in [-0.3, -0.25) is 4.79 Å². The SMILES string of the molecule is CCn1ncc2c(C(=O)NCC(C)(C)N)cc(-c3ccccc3)nc21. The van der Waals surface area contributed by atoms with Gasteiger partial charge in [0, 0.05) is 24.2 Å². The number of pyridine rings is 1. The van der Waals surface area contributed by atoms with Crippen LogP contribution in [-0.4, -0.2) is 32.8 Å². The summed E-state index contributed by atoms with van der Waals surface area (Å²) >= 11 is 0. The van der Waals surface area contributed by atoms with Gasteiger partial charge in [0.15, 0.2) is 5.65 Å². The van der Waals surface area contributed by atoms with Crippen molar-refractivity contribution < 1.29 is 4.79 Å². The molecule has 0 aliphatic heterocycles. The van der Waals surface area contributed by atoms with Crippen LogP contribution in [0.15, 0.2) is 42.6 Å². The molecular formula is C19H23N5O. The molecule has 0 aliphatic rings. The Morgan fingerprint density at radius 3 is 2.64 bits per heavy atom. The number of nitrogens with one attached hydrogen (secondary N) is 1. The normalized spacial score (nSPS) is 11.7. The number of hydrogen-bond acceptors (Lipinski definition) is 4. The molecule has 1 aromatic carbocycles. The van der Waals surface area contributed by atoms with Crippen molar-refractivity contribution in [3.05, 3.63) is 48.2 Å². The second kappa shape index (κ2) is 6.64. The van der Waals surface area contributed by atoms with E-state index >= 15 is 0 Å². The molecule has 2 heterocycles. The monoisotopic (exact) mass is 337 g/mol. The van der Waals surface area contributed by atoms with E-state index < -0.39 is 5.54 Å². The zero-order valence-corrected chi connectivity index (χ0v) is 14.8. The third-order valence-corrected chi connectivity index (χ3v) is 3.93. The number of benzene rings is 1. The molecule has 0 bridgehead atoms. The quantitative estimate of drug-likeness (QED) is 0.749. The highest BCUT2D eigenvalue weighted by atomic mass is 16.1. The molecule has 0 aliphatic carbocycles. The van der Waals surface area contributed by atoms with Crippen LogP contribution in [0.25, 0.3) is 22.3 Å². The van der Waals surface area contributed by atoms with Crippen LogP contribution in [0.4, 0.5) is 0 Å². The average molecular weight is 337 g/mol. The number of carbonyl (C=O) groups is 1. The van der Waals surface area contributed by atoms with Gasteiger partial charge in [-0.2, -0.15) is 5.10 Å². The molecule has 3 aromatic rings. The van der Waals surface area contributed by atoms with Crippen LogP contribution < -0.4 is 11.1 Å². The molecule has 0 saturated heterocycles. The van der Waals surface area contributed by atoms with Gasteiger partial charge in [0.25, 0.3) is 5.91 Å². The zero-order chi connectivity index (χ0) is 18.0. The number of amides is 1. The van der Waals surface area contributed by atoms with Gasteiger partial charge in [0.2, 0.25) is 0 Å². The summed E-state index contributed by atoms with van der Waals surface area (Å²) in [6.45, 7) is 6.82. The van der Waals surface area contributed by atoms with Gasteiger partial charge in [-0.15, -0.1) is 0 Å². The Morgan fingerprint density at radius 2 is 2.00 bits per heavy atom. The van der Waals surface area contributed by atoms with Crippen molar-refractivity contribution >= 4 is 16.9 Å². The van der Waals surface area contributed by atoms with Gasteiger partial charge >= 0.3 is 0 Å². The summed E-state index contributed by atoms with van der Waals surface area (Å²) in [4.78, 5) is 17.5. The maximum absolute atomic E-state index is 12.8. The van der Waals surface area contributed by atoms with Crippen LogP contribution >= 0.6 is 0 Å². The van der Waals surface area contributed by atoms with Crippen molar-refractivity contribution in [3.63, 3.8) is 0 Å². The first kappa shape index (κ1) is 17.1. The Balaban J connectivity index is 2.10. The molecule has 0 fully saturated rings. The fourth-order valence-corrected chi connectivity index (χ4v) is 2.63. The first-order valence-corrected chi connectivity index (χ1v) is 8.38. The van der Waals surface area contributed by atoms with Crippen LogP contribution in [0.5, 0.6) is 0 Å². The fourth-order valence-electron chi connectivity index (χ4n) is 2.63. The summed E-state index contributed by atoms with van der Waals surface area (Å²) in [5.41, 5.74) is 8.49. The molecule has 0 saturated carbocycles. The zero-order valence-electron chi connectivity index (χ0n) is 14.8. The molecule has 1 amide bonds. The summed E-state index contributed by atoms with van der Waals surface area (Å²) in [5.74, 6) is -0.168. The molecule has 0 radical (unpaired) electrons. The second-order valence-electron chi connectivity index (χ2n) is 6.79. The lowest BCUT2D eigenvalue weighted by Crippen LogP contribution is -2.45. The Labute approximate surface area is 147 Å². The molecule has 3 rings (SSSR count). The molecule has 0 atom stereocenters. The maximum Gasteiger partial charge on any atom is 0.252 e. The van der Waals surface area contributed by atoms with Gasteiger partial charge in [-0.25, -0.2) is 9.67 Å². The molecule has 130 valence electrons. The van der Waals surface area contributed by atoms with Crippen molar-refractivity contribution in [1.29, 1.82) is 0 Å². The topological polar surface area (TPSA) is 85.8 Å². The van der Waals surface area contributed by atoms with E-state index in [0.717, 1.165) is 16.6 Å². The molecular weight excluding hydrogens is 314 g/mol. The van der Waals surface area contributed by atoms with Gasteiger partial charge in [-0.05, 0) is 26.8 Å². The Kier molecular flexibility index (Phi) is 4.55. The van der Waals surface area contributed by atoms with Crippen molar-refractivity contribution in [2.24, 2.45) is 5.73 Å². The predicted molar refractivity (Wildman–Crippen MR) is 99.2 cm³/mol. The van der Waals surface area contributed by atoms with Crippen molar-refractivity contribution in [1.82, 2.24) is 20.1 Å². The minimum Gasteiger partial charge on any atom is -0.350 e. The largest absolute Gasteiger partial charge is 0.350 e. The molecule has 0 unspecified atom stereocenters. The summed E-state index contributed by atoms with van der Waals surface area (Å²) in [6, 6.07) is 11.6. The van der Waals surface area contributed by atoms with Crippen LogP contribution in [-0.2, 0) is 6.54 Å². The van der Waals surface area contributed by atoms with E-state index in [2.05, 4.69) is 10.4 Å². The third kappa shape index (κ3) is 3.69. The standard InChI is InChI=1S/C19H23N5O/c1-4-24-17-15(11-22-24)14(18(25)21-12-19(2,3)20)10-16(23-17)13-8-6-5-7-9-13/h5-11H,4,12,20H2,1-3H3,(H,21,25). The molecule has 6 nitrogen and oxygen atoms in total. The Hall–Kier alpha value is -2.73. The smallest absolute Gasteiger partial charge is 0.252 e. The number of nitrogens with zero attached hydrogens (tertiary/aromatic N) is 3. The first-order chi connectivity index (χ1) is 11.9. The van der Waals surface area contributed by atoms with E-state index in [1.165, 1.54) is 0 Å². The summed E-state index contributed by atoms with van der Waals surface area (Å²) < 4.78 is 1.80. The van der Waals surface area contributed by atoms with E-state index in [9.17, 15) is 4.79 Å². The number of aryl methyl sites for hydroxylation is 1. The molecule has 3 N–H and O–H groups in total. The minimum atomic E-state index is -0.475. The number of aromatic nitrogens is 3. The van der Waals surface area contributed by atoms with Gasteiger partial charge < -0.3 is 11.1 Å². The van der Waals surface area contributed by atoms with Crippen LogP contribution in [0, 0.1) is 0 Å². The van der Waals surface area contributed by atoms with E-state index in [-0.39, 0.29) is 5.91 Å². The molecule has 25 heavy (non-hydrogen) atoms. The van der Waals surface area contributed by atoms with Gasteiger partial charge in [-0.1, -0.05) is 30.3 Å². The molecule has 2 aromatic heterocycles. The number of hydrogen-bond donors (Lipinski definition) is 2. The highest BCUT2D eigenvalue weighted by Gasteiger charge is 2.19. The Morgan fingerprint density at radius 1 is 1.28 bits per heavy atom. The summed E-state index contributed by atoms with van der Waals surface area (Å²) in [6.07, 6.45) is 1.70. The summed E-state index contributed by atoms with van der Waals surface area (Å²) in [5, 5.41) is 8.00. The third-order valence-electron chi connectivity index (χ3n) is 3.93. The van der Waals surface area contributed by atoms with E-state index in [4.69, 9.17) is 10.7 Å². The predicted octanol–water partition coefficient (Wildman–Crippen LogP) is 2.59. The highest BCUT2D eigenvalue weighted by Crippen LogP contribution is 2.25. The first-order valence-electron chi connectivity index (χ1n) is 8.38. The maximum atomic E-state index is 12.8. The van der Waals surface area contributed by atoms with E-state index in [0.29, 0.717) is 24.3 Å². The lowest BCUT2D eigenvalue weighted by molar-refractivity contribution is 0.0947. The van der Waals surface area contributed by atoms with Crippen LogP contribution in [0.3, 0.4) is 0 Å². The van der Waals surface area contributed by atoms with Crippen molar-refractivity contribution in [3.8, 4) is 11.3 Å². The molecule has 0 spiro atoms. The van der Waals surface area contributed by atoms with Crippen molar-refractivity contribution in [2.75, 3.05) is 6.54 Å². The summed E-state index contributed by atoms with van der Waals surface area (Å²) in [7, 11) is 0. The fraction of sp³-hybridized carbons (Fsp3) is 0.316. The number of nitrogens with two attached hydrogens (primary N) is 1. The van der Waals surface area contributed by atoms with E-state index in [1.54, 1.807) is 10.9 Å². The Bertz CT molecular complexity index is 893. The second-order valence-corrected chi connectivity index (χ2v) is 6.79.